The van der Waals surface area contributed by atoms with Crippen LogP contribution in [0.25, 0.3) is 0 Å². The number of ether oxygens (including phenoxy) is 1. The number of aromatic nitrogens is 1. The first-order chi connectivity index (χ1) is 12.1. The number of amides is 1. The second-order valence-corrected chi connectivity index (χ2v) is 6.40. The van der Waals surface area contributed by atoms with E-state index in [1.807, 2.05) is 11.8 Å². The Kier molecular flexibility index (Phi) is 5.36. The summed E-state index contributed by atoms with van der Waals surface area (Å²) in [5.41, 5.74) is 0.645. The van der Waals surface area contributed by atoms with Gasteiger partial charge in [0.1, 0.15) is 11.6 Å². The minimum atomic E-state index is -0.282. The van der Waals surface area contributed by atoms with Crippen molar-refractivity contribution < 1.29 is 18.3 Å². The van der Waals surface area contributed by atoms with Crippen LogP contribution in [0.1, 0.15) is 41.9 Å². The van der Waals surface area contributed by atoms with Crippen molar-refractivity contribution in [2.24, 2.45) is 5.92 Å². The number of carbonyl (C=O) groups is 1. The number of piperidine rings is 1. The molecule has 1 saturated heterocycles. The number of hydrogen-bond donors (Lipinski definition) is 0. The van der Waals surface area contributed by atoms with Gasteiger partial charge in [-0.15, -0.1) is 0 Å². The van der Waals surface area contributed by atoms with Crippen molar-refractivity contribution in [2.75, 3.05) is 19.7 Å². The summed E-state index contributed by atoms with van der Waals surface area (Å²) >= 11 is 0. The summed E-state index contributed by atoms with van der Waals surface area (Å²) in [6.45, 7) is 5.60. The molecule has 25 heavy (non-hydrogen) atoms. The molecule has 0 radical (unpaired) electrons. The highest BCUT2D eigenvalue weighted by Crippen LogP contribution is 2.22. The highest BCUT2D eigenvalue weighted by molar-refractivity contribution is 5.92. The molecule has 0 N–H and O–H groups in total. The molecule has 0 saturated carbocycles. The standard InChI is InChI=1S/C19H23FN2O3/c1-3-17-21-13(2)18(25-17)19(23)22-10-4-5-14(11-22)12-24-16-8-6-15(20)7-9-16/h6-9,14H,3-5,10-12H2,1-2H3. The van der Waals surface area contributed by atoms with Crippen LogP contribution in [-0.4, -0.2) is 35.5 Å². The molecule has 1 atom stereocenters. The molecular weight excluding hydrogens is 323 g/mol. The number of nitrogens with zero attached hydrogens (tertiary/aromatic N) is 2. The van der Waals surface area contributed by atoms with E-state index in [1.54, 1.807) is 19.1 Å². The summed E-state index contributed by atoms with van der Waals surface area (Å²) in [6.07, 6.45) is 2.60. The van der Waals surface area contributed by atoms with Gasteiger partial charge >= 0.3 is 0 Å². The molecule has 1 aliphatic rings. The SMILES string of the molecule is CCc1nc(C)c(C(=O)N2CCCC(COc3ccc(F)cc3)C2)o1. The zero-order valence-corrected chi connectivity index (χ0v) is 14.6. The lowest BCUT2D eigenvalue weighted by Crippen LogP contribution is -2.41. The molecule has 0 aliphatic carbocycles. The van der Waals surface area contributed by atoms with Crippen molar-refractivity contribution in [1.82, 2.24) is 9.88 Å². The first-order valence-electron chi connectivity index (χ1n) is 8.70. The Balaban J connectivity index is 1.59. The van der Waals surface area contributed by atoms with Gasteiger partial charge < -0.3 is 14.1 Å². The summed E-state index contributed by atoms with van der Waals surface area (Å²) in [7, 11) is 0. The van der Waals surface area contributed by atoms with Crippen LogP contribution in [0.15, 0.2) is 28.7 Å². The first-order valence-corrected chi connectivity index (χ1v) is 8.70. The molecule has 1 aromatic carbocycles. The van der Waals surface area contributed by atoms with Gasteiger partial charge in [0.15, 0.2) is 5.89 Å². The molecule has 1 unspecified atom stereocenters. The Morgan fingerprint density at radius 1 is 1.40 bits per heavy atom. The molecule has 0 bridgehead atoms. The lowest BCUT2D eigenvalue weighted by Gasteiger charge is -2.32. The number of benzene rings is 1. The second kappa shape index (κ2) is 7.68. The van der Waals surface area contributed by atoms with E-state index in [4.69, 9.17) is 9.15 Å². The van der Waals surface area contributed by atoms with Crippen molar-refractivity contribution in [3.05, 3.63) is 47.4 Å². The van der Waals surface area contributed by atoms with Gasteiger partial charge in [-0.3, -0.25) is 4.79 Å². The van der Waals surface area contributed by atoms with E-state index in [2.05, 4.69) is 4.98 Å². The molecule has 3 rings (SSSR count). The number of halogens is 1. The van der Waals surface area contributed by atoms with E-state index in [0.717, 1.165) is 12.8 Å². The van der Waals surface area contributed by atoms with Crippen LogP contribution < -0.4 is 4.74 Å². The van der Waals surface area contributed by atoms with Crippen molar-refractivity contribution in [3.63, 3.8) is 0 Å². The maximum atomic E-state index is 12.9. The van der Waals surface area contributed by atoms with Gasteiger partial charge in [-0.05, 0) is 44.0 Å². The molecule has 1 fully saturated rings. The van der Waals surface area contributed by atoms with Gasteiger partial charge in [-0.25, -0.2) is 9.37 Å². The summed E-state index contributed by atoms with van der Waals surface area (Å²) in [4.78, 5) is 18.8. The maximum Gasteiger partial charge on any atom is 0.291 e. The van der Waals surface area contributed by atoms with Crippen molar-refractivity contribution in [1.29, 1.82) is 0 Å². The average molecular weight is 346 g/mol. The molecule has 1 aliphatic heterocycles. The Hall–Kier alpha value is -2.37. The second-order valence-electron chi connectivity index (χ2n) is 6.40. The number of hydrogen-bond acceptors (Lipinski definition) is 4. The highest BCUT2D eigenvalue weighted by Gasteiger charge is 2.28. The number of likely N-dealkylation sites (tertiary alicyclic amines) is 1. The molecule has 6 heteroatoms. The van der Waals surface area contributed by atoms with Crippen LogP contribution in [0.3, 0.4) is 0 Å². The summed E-state index contributed by atoms with van der Waals surface area (Å²) in [6, 6.07) is 5.99. The Bertz CT molecular complexity index is 727. The normalized spacial score (nSPS) is 17.6. The third kappa shape index (κ3) is 4.18. The molecule has 2 heterocycles. The van der Waals surface area contributed by atoms with Gasteiger partial charge in [-0.1, -0.05) is 6.92 Å². The fourth-order valence-electron chi connectivity index (χ4n) is 3.08. The molecular formula is C19H23FN2O3. The molecule has 1 amide bonds. The van der Waals surface area contributed by atoms with E-state index in [-0.39, 0.29) is 17.6 Å². The summed E-state index contributed by atoms with van der Waals surface area (Å²) in [5.74, 6) is 1.44. The quantitative estimate of drug-likeness (QED) is 0.830. The third-order valence-corrected chi connectivity index (χ3v) is 4.44. The van der Waals surface area contributed by atoms with Crippen molar-refractivity contribution in [3.8, 4) is 5.75 Å². The molecule has 5 nitrogen and oxygen atoms in total. The van der Waals surface area contributed by atoms with E-state index in [9.17, 15) is 9.18 Å². The van der Waals surface area contributed by atoms with E-state index in [0.29, 0.717) is 49.2 Å². The first kappa shape index (κ1) is 17.5. The van der Waals surface area contributed by atoms with E-state index >= 15 is 0 Å². The largest absolute Gasteiger partial charge is 0.493 e. The maximum absolute atomic E-state index is 12.9. The monoisotopic (exact) mass is 346 g/mol. The minimum absolute atomic E-state index is 0.101. The fraction of sp³-hybridized carbons (Fsp3) is 0.474. The third-order valence-electron chi connectivity index (χ3n) is 4.44. The van der Waals surface area contributed by atoms with Gasteiger partial charge in [0.2, 0.25) is 5.76 Å². The minimum Gasteiger partial charge on any atom is -0.493 e. The zero-order valence-electron chi connectivity index (χ0n) is 14.6. The van der Waals surface area contributed by atoms with E-state index < -0.39 is 0 Å². The van der Waals surface area contributed by atoms with Crippen LogP contribution >= 0.6 is 0 Å². The average Bonchev–Trinajstić information content (AvgIpc) is 3.02. The molecule has 0 spiro atoms. The van der Waals surface area contributed by atoms with Crippen LogP contribution in [0.5, 0.6) is 5.75 Å². The summed E-state index contributed by atoms with van der Waals surface area (Å²) in [5, 5.41) is 0. The predicted octanol–water partition coefficient (Wildman–Crippen LogP) is 3.62. The van der Waals surface area contributed by atoms with Crippen LogP contribution in [0, 0.1) is 18.7 Å². The Morgan fingerprint density at radius 3 is 2.84 bits per heavy atom. The predicted molar refractivity (Wildman–Crippen MR) is 91.1 cm³/mol. The topological polar surface area (TPSA) is 55.6 Å². The summed E-state index contributed by atoms with van der Waals surface area (Å²) < 4.78 is 24.3. The van der Waals surface area contributed by atoms with Gasteiger partial charge in [0.25, 0.3) is 5.91 Å². The van der Waals surface area contributed by atoms with Crippen LogP contribution in [0.2, 0.25) is 0 Å². The van der Waals surface area contributed by atoms with Crippen LogP contribution in [0.4, 0.5) is 4.39 Å². The van der Waals surface area contributed by atoms with Gasteiger partial charge in [0, 0.05) is 25.4 Å². The van der Waals surface area contributed by atoms with Crippen molar-refractivity contribution in [2.45, 2.75) is 33.1 Å². The lowest BCUT2D eigenvalue weighted by molar-refractivity contribution is 0.0599. The van der Waals surface area contributed by atoms with Gasteiger partial charge in [-0.2, -0.15) is 0 Å². The van der Waals surface area contributed by atoms with E-state index in [1.165, 1.54) is 12.1 Å². The number of oxazole rings is 1. The highest BCUT2D eigenvalue weighted by atomic mass is 19.1. The molecule has 134 valence electrons. The Labute approximate surface area is 146 Å². The zero-order chi connectivity index (χ0) is 17.8. The van der Waals surface area contributed by atoms with Gasteiger partial charge in [0.05, 0.1) is 12.3 Å². The molecule has 2 aromatic rings. The smallest absolute Gasteiger partial charge is 0.291 e. The fourth-order valence-corrected chi connectivity index (χ4v) is 3.08. The Morgan fingerprint density at radius 2 is 2.16 bits per heavy atom. The number of carbonyl (C=O) groups excluding carboxylic acids is 1. The van der Waals surface area contributed by atoms with Crippen molar-refractivity contribution >= 4 is 5.91 Å². The molecule has 1 aromatic heterocycles. The number of aryl methyl sites for hydroxylation is 2. The lowest BCUT2D eigenvalue weighted by atomic mass is 9.98. The number of rotatable bonds is 5. The van der Waals surface area contributed by atoms with Crippen LogP contribution in [-0.2, 0) is 6.42 Å².